The van der Waals surface area contributed by atoms with Crippen molar-refractivity contribution in [3.8, 4) is 5.75 Å². The molecule has 5 aromatic rings. The highest BCUT2D eigenvalue weighted by atomic mass is 32.2. The maximum absolute atomic E-state index is 13.7. The average molecular weight is 700 g/mol. The molecule has 5 rings (SSSR count). The van der Waals surface area contributed by atoms with Crippen molar-refractivity contribution in [2.45, 2.75) is 30.1 Å². The van der Waals surface area contributed by atoms with Crippen molar-refractivity contribution in [3.63, 3.8) is 0 Å². The lowest BCUT2D eigenvalue weighted by Gasteiger charge is -2.17. The molecule has 3 amide bonds. The van der Waals surface area contributed by atoms with Crippen LogP contribution in [0.5, 0.6) is 5.75 Å². The molecule has 1 unspecified atom stereocenters. The third-order valence-corrected chi connectivity index (χ3v) is 8.95. The van der Waals surface area contributed by atoms with Gasteiger partial charge in [-0.2, -0.15) is 0 Å². The second kappa shape index (κ2) is 18.0. The number of ether oxygens (including phenoxy) is 2. The first-order valence-corrected chi connectivity index (χ1v) is 17.1. The minimum atomic E-state index is -0.548. The molecular weight excluding hydrogens is 663 g/mol. The molecule has 0 fully saturated rings. The van der Waals surface area contributed by atoms with Crippen LogP contribution in [-0.2, 0) is 20.9 Å². The molecule has 51 heavy (non-hydrogen) atoms. The van der Waals surface area contributed by atoms with Gasteiger partial charge in [-0.25, -0.2) is 4.79 Å². The number of carbonyl (C=O) groups is 4. The van der Waals surface area contributed by atoms with Gasteiger partial charge in [-0.05, 0) is 78.2 Å². The van der Waals surface area contributed by atoms with Gasteiger partial charge in [0.2, 0.25) is 5.91 Å². The molecule has 0 aliphatic carbocycles. The molecule has 0 aliphatic rings. The Balaban J connectivity index is 1.30. The van der Waals surface area contributed by atoms with Crippen molar-refractivity contribution in [2.24, 2.45) is 0 Å². The first kappa shape index (κ1) is 36.2. The Morgan fingerprint density at radius 2 is 1.45 bits per heavy atom. The molecule has 0 spiro atoms. The number of esters is 1. The number of hydrogen-bond acceptors (Lipinski definition) is 7. The Morgan fingerprint density at radius 3 is 2.16 bits per heavy atom. The van der Waals surface area contributed by atoms with Gasteiger partial charge in [-0.3, -0.25) is 14.4 Å². The Labute approximate surface area is 301 Å². The quantitative estimate of drug-likeness (QED) is 0.0611. The highest BCUT2D eigenvalue weighted by Crippen LogP contribution is 2.29. The second-order valence-electron chi connectivity index (χ2n) is 11.2. The molecule has 3 N–H and O–H groups in total. The fourth-order valence-electron chi connectivity index (χ4n) is 4.94. The highest BCUT2D eigenvalue weighted by molar-refractivity contribution is 8.00. The van der Waals surface area contributed by atoms with Crippen molar-refractivity contribution in [3.05, 3.63) is 161 Å². The van der Waals surface area contributed by atoms with Crippen LogP contribution in [0.15, 0.2) is 144 Å². The summed E-state index contributed by atoms with van der Waals surface area (Å²) in [4.78, 5) is 53.0. The average Bonchev–Trinajstić information content (AvgIpc) is 3.17. The smallest absolute Gasteiger partial charge is 0.339 e. The number of para-hydroxylation sites is 1. The summed E-state index contributed by atoms with van der Waals surface area (Å²) in [6, 6.07) is 39.4. The Morgan fingerprint density at radius 1 is 0.765 bits per heavy atom. The van der Waals surface area contributed by atoms with Crippen molar-refractivity contribution >= 4 is 52.9 Å². The van der Waals surface area contributed by atoms with E-state index in [1.807, 2.05) is 43.3 Å². The van der Waals surface area contributed by atoms with Crippen molar-refractivity contribution in [1.82, 2.24) is 5.32 Å². The summed E-state index contributed by atoms with van der Waals surface area (Å²) in [5.41, 5.74) is 3.25. The van der Waals surface area contributed by atoms with Gasteiger partial charge in [-0.15, -0.1) is 11.8 Å². The summed E-state index contributed by atoms with van der Waals surface area (Å²) in [5, 5.41) is 7.99. The molecule has 10 heteroatoms. The van der Waals surface area contributed by atoms with Crippen LogP contribution in [0, 0.1) is 0 Å². The minimum Gasteiger partial charge on any atom is -0.489 e. The van der Waals surface area contributed by atoms with E-state index in [4.69, 9.17) is 9.47 Å². The topological polar surface area (TPSA) is 123 Å². The predicted molar refractivity (Wildman–Crippen MR) is 201 cm³/mol. The summed E-state index contributed by atoms with van der Waals surface area (Å²) in [5.74, 6) is -1.13. The molecule has 0 aliphatic heterocycles. The molecule has 0 saturated carbocycles. The van der Waals surface area contributed by atoms with E-state index in [-0.39, 0.29) is 17.2 Å². The summed E-state index contributed by atoms with van der Waals surface area (Å²) in [7, 11) is 1.29. The van der Waals surface area contributed by atoms with Gasteiger partial charge in [0.15, 0.2) is 0 Å². The van der Waals surface area contributed by atoms with Crippen LogP contribution in [0.1, 0.15) is 45.2 Å². The fourth-order valence-corrected chi connectivity index (χ4v) is 5.95. The second-order valence-corrected chi connectivity index (χ2v) is 12.5. The summed E-state index contributed by atoms with van der Waals surface area (Å²) in [6.45, 7) is 2.31. The molecule has 0 saturated heterocycles. The lowest BCUT2D eigenvalue weighted by atomic mass is 10.1. The van der Waals surface area contributed by atoms with E-state index in [1.54, 1.807) is 103 Å². The normalized spacial score (nSPS) is 11.5. The van der Waals surface area contributed by atoms with Gasteiger partial charge in [0, 0.05) is 16.1 Å². The van der Waals surface area contributed by atoms with Crippen LogP contribution in [0.3, 0.4) is 0 Å². The summed E-state index contributed by atoms with van der Waals surface area (Å²) >= 11 is 1.32. The van der Waals surface area contributed by atoms with E-state index < -0.39 is 23.0 Å². The fraction of sp³-hybridized carbons (Fsp3) is 0.122. The van der Waals surface area contributed by atoms with Crippen LogP contribution >= 0.6 is 11.8 Å². The SMILES string of the molecule is CCC(Sc1cccc(NC(=O)/C(=C\c2ccc(OCc3ccccc3)cc2)NC(=O)c2ccccc2)c1)C(=O)Nc1ccccc1C(=O)OC. The van der Waals surface area contributed by atoms with Gasteiger partial charge in [0.25, 0.3) is 11.8 Å². The maximum Gasteiger partial charge on any atom is 0.339 e. The minimum absolute atomic E-state index is 0.0370. The van der Waals surface area contributed by atoms with E-state index in [0.29, 0.717) is 41.3 Å². The van der Waals surface area contributed by atoms with Gasteiger partial charge in [-0.1, -0.05) is 85.8 Å². The summed E-state index contributed by atoms with van der Waals surface area (Å²) in [6.07, 6.45) is 2.10. The van der Waals surface area contributed by atoms with Crippen LogP contribution in [-0.4, -0.2) is 36.1 Å². The van der Waals surface area contributed by atoms with Crippen LogP contribution in [0.25, 0.3) is 6.08 Å². The van der Waals surface area contributed by atoms with E-state index in [2.05, 4.69) is 16.0 Å². The number of anilines is 2. The van der Waals surface area contributed by atoms with Crippen molar-refractivity contribution < 1.29 is 28.7 Å². The van der Waals surface area contributed by atoms with E-state index in [9.17, 15) is 19.2 Å². The zero-order valence-corrected chi connectivity index (χ0v) is 28.9. The number of carbonyl (C=O) groups excluding carboxylic acids is 4. The number of amides is 3. The lowest BCUT2D eigenvalue weighted by molar-refractivity contribution is -0.116. The van der Waals surface area contributed by atoms with Gasteiger partial charge in [0.1, 0.15) is 18.1 Å². The molecule has 0 radical (unpaired) electrons. The molecule has 1 atom stereocenters. The molecule has 0 heterocycles. The Hall–Kier alpha value is -6.13. The maximum atomic E-state index is 13.7. The number of thioether (sulfide) groups is 1. The third kappa shape index (κ3) is 10.4. The number of rotatable bonds is 14. The van der Waals surface area contributed by atoms with Crippen LogP contribution in [0.2, 0.25) is 0 Å². The largest absolute Gasteiger partial charge is 0.489 e. The molecule has 258 valence electrons. The molecule has 9 nitrogen and oxygen atoms in total. The van der Waals surface area contributed by atoms with E-state index >= 15 is 0 Å². The third-order valence-electron chi connectivity index (χ3n) is 7.59. The van der Waals surface area contributed by atoms with Gasteiger partial charge < -0.3 is 25.4 Å². The molecule has 0 aromatic heterocycles. The molecule has 0 bridgehead atoms. The highest BCUT2D eigenvalue weighted by Gasteiger charge is 2.21. The number of methoxy groups -OCH3 is 1. The van der Waals surface area contributed by atoms with Crippen LogP contribution < -0.4 is 20.7 Å². The Kier molecular flexibility index (Phi) is 12.8. The van der Waals surface area contributed by atoms with Gasteiger partial charge >= 0.3 is 5.97 Å². The first-order valence-electron chi connectivity index (χ1n) is 16.2. The van der Waals surface area contributed by atoms with Crippen molar-refractivity contribution in [1.29, 1.82) is 0 Å². The standard InChI is InChI=1S/C41H37N3O6S/c1-3-37(40(47)43-35-20-11-10-19-34(35)41(48)49-2)51-33-18-12-17-31(26-33)42-39(46)36(44-38(45)30-15-8-5-9-16-30)25-28-21-23-32(24-22-28)50-27-29-13-6-4-7-14-29/h4-26,37H,3,27H2,1-2H3,(H,42,46)(H,43,47)(H,44,45)/b36-25+. The number of benzene rings is 5. The Bertz CT molecular complexity index is 2000. The first-order chi connectivity index (χ1) is 24.8. The van der Waals surface area contributed by atoms with E-state index in [0.717, 1.165) is 10.5 Å². The monoisotopic (exact) mass is 699 g/mol. The molecular formula is C41H37N3O6S. The van der Waals surface area contributed by atoms with E-state index in [1.165, 1.54) is 18.9 Å². The zero-order valence-electron chi connectivity index (χ0n) is 28.1. The van der Waals surface area contributed by atoms with Crippen LogP contribution in [0.4, 0.5) is 11.4 Å². The summed E-state index contributed by atoms with van der Waals surface area (Å²) < 4.78 is 10.7. The lowest BCUT2D eigenvalue weighted by Crippen LogP contribution is -2.30. The van der Waals surface area contributed by atoms with Gasteiger partial charge in [0.05, 0.1) is 23.6 Å². The number of hydrogen-bond donors (Lipinski definition) is 3. The number of nitrogens with one attached hydrogen (secondary N) is 3. The predicted octanol–water partition coefficient (Wildman–Crippen LogP) is 7.97. The zero-order chi connectivity index (χ0) is 36.0. The molecule has 5 aromatic carbocycles. The van der Waals surface area contributed by atoms with Crippen molar-refractivity contribution in [2.75, 3.05) is 17.7 Å².